The molecule has 0 aliphatic heterocycles. The maximum atomic E-state index is 15.1. The molecule has 0 radical (unpaired) electrons. The van der Waals surface area contributed by atoms with Gasteiger partial charge in [0, 0.05) is 5.56 Å². The maximum absolute atomic E-state index is 15.1. The summed E-state index contributed by atoms with van der Waals surface area (Å²) in [6.45, 7) is 5.89. The van der Waals surface area contributed by atoms with Crippen molar-refractivity contribution in [2.75, 3.05) is 6.61 Å². The molecule has 0 heterocycles. The van der Waals surface area contributed by atoms with E-state index >= 15 is 8.78 Å². The zero-order valence-electron chi connectivity index (χ0n) is 23.5. The smallest absolute Gasteiger partial charge is 0.200 e. The third kappa shape index (κ3) is 7.18. The molecule has 0 amide bonds. The molecule has 0 aromatic heterocycles. The minimum absolute atomic E-state index is 0.0223. The Morgan fingerprint density at radius 1 is 0.850 bits per heavy atom. The second-order valence-electron chi connectivity index (χ2n) is 11.5. The molecular weight excluding hydrogens is 516 g/mol. The van der Waals surface area contributed by atoms with Crippen molar-refractivity contribution in [3.63, 3.8) is 0 Å². The fraction of sp³-hybridized carbons (Fsp3) is 0.529. The van der Waals surface area contributed by atoms with Gasteiger partial charge in [0.05, 0.1) is 12.7 Å². The van der Waals surface area contributed by atoms with E-state index in [0.29, 0.717) is 30.4 Å². The summed E-state index contributed by atoms with van der Waals surface area (Å²) < 4.78 is 64.7. The van der Waals surface area contributed by atoms with Gasteiger partial charge in [0.15, 0.2) is 23.2 Å². The molecule has 1 atom stereocenters. The van der Waals surface area contributed by atoms with Gasteiger partial charge in [-0.15, -0.1) is 6.58 Å². The summed E-state index contributed by atoms with van der Waals surface area (Å²) in [4.78, 5) is 0. The Bertz CT molecular complexity index is 1160. The van der Waals surface area contributed by atoms with Crippen LogP contribution >= 0.6 is 0 Å². The molecule has 4 rings (SSSR count). The molecule has 218 valence electrons. The first-order valence-corrected chi connectivity index (χ1v) is 14.9. The van der Waals surface area contributed by atoms with E-state index in [1.54, 1.807) is 30.4 Å². The first kappa shape index (κ1) is 30.4. The summed E-state index contributed by atoms with van der Waals surface area (Å²) in [5.41, 5.74) is 1.04. The van der Waals surface area contributed by atoms with Crippen LogP contribution in [0.3, 0.4) is 0 Å². The number of ether oxygens (including phenoxy) is 1. The van der Waals surface area contributed by atoms with Crippen LogP contribution in [0.2, 0.25) is 0 Å². The number of allylic oxidation sites excluding steroid dienone is 1. The number of benzene rings is 2. The van der Waals surface area contributed by atoms with Crippen molar-refractivity contribution in [2.24, 2.45) is 11.8 Å². The fourth-order valence-corrected chi connectivity index (χ4v) is 6.46. The second kappa shape index (κ2) is 14.3. The highest BCUT2D eigenvalue weighted by molar-refractivity contribution is 5.52. The van der Waals surface area contributed by atoms with Gasteiger partial charge < -0.3 is 9.84 Å². The molecule has 6 heteroatoms. The third-order valence-electron chi connectivity index (χ3n) is 8.90. The number of halogens is 4. The van der Waals surface area contributed by atoms with Crippen molar-refractivity contribution in [2.45, 2.75) is 95.5 Å². The molecule has 0 saturated heterocycles. The second-order valence-corrected chi connectivity index (χ2v) is 11.5. The molecule has 2 saturated carbocycles. The first-order valence-electron chi connectivity index (χ1n) is 14.9. The Kier molecular flexibility index (Phi) is 10.9. The van der Waals surface area contributed by atoms with E-state index < -0.39 is 23.3 Å². The lowest BCUT2D eigenvalue weighted by Gasteiger charge is -2.32. The van der Waals surface area contributed by atoms with E-state index in [1.807, 2.05) is 6.08 Å². The Balaban J connectivity index is 1.33. The highest BCUT2D eigenvalue weighted by Gasteiger charge is 2.30. The van der Waals surface area contributed by atoms with Crippen LogP contribution in [0.4, 0.5) is 17.6 Å². The first-order chi connectivity index (χ1) is 19.3. The zero-order valence-corrected chi connectivity index (χ0v) is 23.5. The molecule has 2 fully saturated rings. The summed E-state index contributed by atoms with van der Waals surface area (Å²) >= 11 is 0. The van der Waals surface area contributed by atoms with Gasteiger partial charge in [-0.2, -0.15) is 4.39 Å². The SMILES string of the molecule is C=CCCOc1ccc(C2CCC(/C=C/c3ccc(C4CCC(C(O)CCC)CC4)c(F)c3F)CC2)c(F)c1F. The average molecular weight is 559 g/mol. The topological polar surface area (TPSA) is 29.5 Å². The van der Waals surface area contributed by atoms with E-state index in [2.05, 4.69) is 13.5 Å². The highest BCUT2D eigenvalue weighted by atomic mass is 19.2. The van der Waals surface area contributed by atoms with Crippen LogP contribution in [0.1, 0.15) is 106 Å². The third-order valence-corrected chi connectivity index (χ3v) is 8.90. The van der Waals surface area contributed by atoms with Crippen LogP contribution in [0.15, 0.2) is 43.0 Å². The van der Waals surface area contributed by atoms with Crippen molar-refractivity contribution >= 4 is 6.08 Å². The number of hydrogen-bond acceptors (Lipinski definition) is 2. The fourth-order valence-electron chi connectivity index (χ4n) is 6.46. The van der Waals surface area contributed by atoms with Crippen LogP contribution in [-0.2, 0) is 0 Å². The molecule has 2 aromatic carbocycles. The standard InChI is InChI=1S/C34H42F4O2/c1-3-5-21-40-30-20-19-28(33(37)34(30)38)23-10-7-22(8-11-23)9-12-26-17-18-27(32(36)31(26)35)24-13-15-25(16-14-24)29(39)6-4-2/h3,9,12,17-20,22-25,29,39H,1,4-8,10-11,13-16,21H2,2H3/b12-9+. The zero-order chi connectivity index (χ0) is 28.6. The number of rotatable bonds is 11. The predicted molar refractivity (Wildman–Crippen MR) is 152 cm³/mol. The highest BCUT2D eigenvalue weighted by Crippen LogP contribution is 2.41. The molecule has 2 aliphatic carbocycles. The van der Waals surface area contributed by atoms with E-state index in [9.17, 15) is 13.9 Å². The average Bonchev–Trinajstić information content (AvgIpc) is 2.97. The number of hydrogen-bond donors (Lipinski definition) is 1. The molecule has 0 spiro atoms. The van der Waals surface area contributed by atoms with Gasteiger partial charge in [0.2, 0.25) is 5.82 Å². The quantitative estimate of drug-likeness (QED) is 0.169. The van der Waals surface area contributed by atoms with Crippen molar-refractivity contribution in [1.29, 1.82) is 0 Å². The lowest BCUT2D eigenvalue weighted by Crippen LogP contribution is -2.25. The van der Waals surface area contributed by atoms with Crippen LogP contribution in [0.25, 0.3) is 6.08 Å². The molecule has 2 nitrogen and oxygen atoms in total. The molecule has 40 heavy (non-hydrogen) atoms. The lowest BCUT2D eigenvalue weighted by molar-refractivity contribution is 0.0727. The van der Waals surface area contributed by atoms with Crippen LogP contribution in [0.5, 0.6) is 5.75 Å². The van der Waals surface area contributed by atoms with Gasteiger partial charge in [0.25, 0.3) is 0 Å². The molecule has 2 aliphatic rings. The van der Waals surface area contributed by atoms with Crippen molar-refractivity contribution in [1.82, 2.24) is 0 Å². The van der Waals surface area contributed by atoms with Gasteiger partial charge in [0.1, 0.15) is 0 Å². The van der Waals surface area contributed by atoms with Gasteiger partial charge in [-0.25, -0.2) is 13.2 Å². The Labute approximate surface area is 236 Å². The van der Waals surface area contributed by atoms with E-state index in [-0.39, 0.29) is 47.7 Å². The summed E-state index contributed by atoms with van der Waals surface area (Å²) in [5, 5.41) is 10.3. The van der Waals surface area contributed by atoms with Gasteiger partial charge >= 0.3 is 0 Å². The van der Waals surface area contributed by atoms with Crippen molar-refractivity contribution in [3.8, 4) is 5.75 Å². The minimum Gasteiger partial charge on any atom is -0.490 e. The van der Waals surface area contributed by atoms with Crippen molar-refractivity contribution < 1.29 is 27.4 Å². The largest absolute Gasteiger partial charge is 0.490 e. The summed E-state index contributed by atoms with van der Waals surface area (Å²) in [6, 6.07) is 6.47. The molecule has 0 bridgehead atoms. The van der Waals surface area contributed by atoms with E-state index in [4.69, 9.17) is 4.74 Å². The minimum atomic E-state index is -0.952. The van der Waals surface area contributed by atoms with Gasteiger partial charge in [-0.1, -0.05) is 49.8 Å². The van der Waals surface area contributed by atoms with Crippen LogP contribution < -0.4 is 4.74 Å². The summed E-state index contributed by atoms with van der Waals surface area (Å²) in [7, 11) is 0. The summed E-state index contributed by atoms with van der Waals surface area (Å²) in [5.74, 6) is -3.17. The molecule has 2 aromatic rings. The lowest BCUT2D eigenvalue weighted by atomic mass is 9.75. The number of aliphatic hydroxyl groups is 1. The van der Waals surface area contributed by atoms with Crippen molar-refractivity contribution in [3.05, 3.63) is 83.0 Å². The van der Waals surface area contributed by atoms with Gasteiger partial charge in [-0.05, 0) is 105 Å². The predicted octanol–water partition coefficient (Wildman–Crippen LogP) is 9.62. The Hall–Kier alpha value is -2.60. The Morgan fingerprint density at radius 2 is 1.45 bits per heavy atom. The monoisotopic (exact) mass is 558 g/mol. The molecule has 1 unspecified atom stereocenters. The maximum Gasteiger partial charge on any atom is 0.200 e. The van der Waals surface area contributed by atoms with Crippen LogP contribution in [-0.4, -0.2) is 17.8 Å². The van der Waals surface area contributed by atoms with E-state index in [0.717, 1.165) is 51.4 Å². The van der Waals surface area contributed by atoms with Gasteiger partial charge in [-0.3, -0.25) is 0 Å². The summed E-state index contributed by atoms with van der Waals surface area (Å²) in [6.07, 6.45) is 13.3. The van der Waals surface area contributed by atoms with Crippen LogP contribution in [0, 0.1) is 35.1 Å². The normalized spacial score (nSPS) is 24.2. The number of aliphatic hydroxyl groups excluding tert-OH is 1. The van der Waals surface area contributed by atoms with E-state index in [1.165, 1.54) is 6.07 Å². The Morgan fingerprint density at radius 3 is 2.08 bits per heavy atom. The molecular formula is C34H42F4O2. The molecule has 1 N–H and O–H groups in total.